The molecule has 0 spiro atoms. The van der Waals surface area contributed by atoms with Crippen molar-refractivity contribution in [2.45, 2.75) is 77.0 Å². The minimum atomic E-state index is -0.109. The second-order valence-corrected chi connectivity index (χ2v) is 5.53. The van der Waals surface area contributed by atoms with Gasteiger partial charge in [-0.2, -0.15) is 0 Å². The number of esters is 2. The molecule has 0 radical (unpaired) electrons. The highest BCUT2D eigenvalue weighted by molar-refractivity contribution is 5.69. The van der Waals surface area contributed by atoms with Gasteiger partial charge in [0.25, 0.3) is 0 Å². The van der Waals surface area contributed by atoms with Crippen molar-refractivity contribution in [2.75, 3.05) is 14.2 Å². The lowest BCUT2D eigenvalue weighted by molar-refractivity contribution is -0.141. The zero-order valence-corrected chi connectivity index (χ0v) is 14.3. The molecule has 0 unspecified atom stereocenters. The standard InChI is InChI=1S/C18H32O4/c1-21-17(19)15-13-11-9-7-5-3-4-6-8-10-12-14-16-18(20)22-2/h3,5H,4,6-16H2,1-2H3. The Morgan fingerprint density at radius 3 is 1.45 bits per heavy atom. The lowest BCUT2D eigenvalue weighted by Crippen LogP contribution is -1.99. The minimum Gasteiger partial charge on any atom is -0.469 e. The fourth-order valence-electron chi connectivity index (χ4n) is 2.21. The molecule has 0 saturated heterocycles. The van der Waals surface area contributed by atoms with E-state index in [-0.39, 0.29) is 11.9 Å². The maximum atomic E-state index is 10.9. The van der Waals surface area contributed by atoms with Crippen molar-refractivity contribution in [3.05, 3.63) is 12.2 Å². The molecule has 0 bridgehead atoms. The molecule has 0 heterocycles. The summed E-state index contributed by atoms with van der Waals surface area (Å²) >= 11 is 0. The van der Waals surface area contributed by atoms with Gasteiger partial charge >= 0.3 is 11.9 Å². The van der Waals surface area contributed by atoms with E-state index < -0.39 is 0 Å². The van der Waals surface area contributed by atoms with Crippen molar-refractivity contribution >= 4 is 11.9 Å². The van der Waals surface area contributed by atoms with E-state index in [0.717, 1.165) is 44.9 Å². The van der Waals surface area contributed by atoms with E-state index >= 15 is 0 Å². The van der Waals surface area contributed by atoms with E-state index in [2.05, 4.69) is 21.6 Å². The monoisotopic (exact) mass is 312 g/mol. The van der Waals surface area contributed by atoms with Gasteiger partial charge < -0.3 is 9.47 Å². The van der Waals surface area contributed by atoms with E-state index in [1.807, 2.05) is 0 Å². The van der Waals surface area contributed by atoms with Crippen molar-refractivity contribution in [1.82, 2.24) is 0 Å². The number of hydrogen-bond donors (Lipinski definition) is 0. The van der Waals surface area contributed by atoms with E-state index in [1.165, 1.54) is 33.5 Å². The molecule has 0 aliphatic rings. The fraction of sp³-hybridized carbons (Fsp3) is 0.778. The lowest BCUT2D eigenvalue weighted by atomic mass is 10.1. The summed E-state index contributed by atoms with van der Waals surface area (Å²) in [6, 6.07) is 0. The predicted molar refractivity (Wildman–Crippen MR) is 88.6 cm³/mol. The molecule has 0 N–H and O–H groups in total. The highest BCUT2D eigenvalue weighted by atomic mass is 16.5. The quantitative estimate of drug-likeness (QED) is 0.268. The second kappa shape index (κ2) is 16.1. The van der Waals surface area contributed by atoms with Crippen LogP contribution in [0.2, 0.25) is 0 Å². The summed E-state index contributed by atoms with van der Waals surface area (Å²) in [4.78, 5) is 21.8. The first-order valence-corrected chi connectivity index (χ1v) is 8.49. The molecule has 0 fully saturated rings. The number of carbonyl (C=O) groups is 2. The van der Waals surface area contributed by atoms with Crippen molar-refractivity contribution in [2.24, 2.45) is 0 Å². The molecular weight excluding hydrogens is 280 g/mol. The third-order valence-corrected chi connectivity index (χ3v) is 3.63. The molecule has 4 heteroatoms. The van der Waals surface area contributed by atoms with Crippen molar-refractivity contribution in [3.8, 4) is 0 Å². The van der Waals surface area contributed by atoms with Crippen LogP contribution >= 0.6 is 0 Å². The second-order valence-electron chi connectivity index (χ2n) is 5.53. The predicted octanol–water partition coefficient (Wildman–Crippen LogP) is 4.57. The Bertz CT molecular complexity index is 310. The normalized spacial score (nSPS) is 10.8. The van der Waals surface area contributed by atoms with E-state index in [1.54, 1.807) is 0 Å². The lowest BCUT2D eigenvalue weighted by Gasteiger charge is -2.00. The van der Waals surface area contributed by atoms with Crippen LogP contribution in [-0.2, 0) is 19.1 Å². The zero-order valence-electron chi connectivity index (χ0n) is 14.3. The average Bonchev–Trinajstić information content (AvgIpc) is 2.54. The summed E-state index contributed by atoms with van der Waals surface area (Å²) in [6.07, 6.45) is 16.7. The minimum absolute atomic E-state index is 0.102. The van der Waals surface area contributed by atoms with Crippen LogP contribution in [0.3, 0.4) is 0 Å². The summed E-state index contributed by atoms with van der Waals surface area (Å²) in [7, 11) is 2.87. The number of methoxy groups -OCH3 is 2. The Morgan fingerprint density at radius 2 is 1.00 bits per heavy atom. The van der Waals surface area contributed by atoms with Crippen LogP contribution < -0.4 is 0 Å². The fourth-order valence-corrected chi connectivity index (χ4v) is 2.21. The smallest absolute Gasteiger partial charge is 0.305 e. The van der Waals surface area contributed by atoms with E-state index in [4.69, 9.17) is 0 Å². The third kappa shape index (κ3) is 15.1. The van der Waals surface area contributed by atoms with E-state index in [0.29, 0.717) is 12.8 Å². The van der Waals surface area contributed by atoms with Crippen LogP contribution in [0, 0.1) is 0 Å². The van der Waals surface area contributed by atoms with Gasteiger partial charge in [0.05, 0.1) is 14.2 Å². The van der Waals surface area contributed by atoms with Crippen molar-refractivity contribution < 1.29 is 19.1 Å². The topological polar surface area (TPSA) is 52.6 Å². The molecule has 128 valence electrons. The summed E-state index contributed by atoms with van der Waals surface area (Å²) < 4.78 is 9.20. The number of allylic oxidation sites excluding steroid dienone is 2. The zero-order chi connectivity index (χ0) is 16.5. The summed E-state index contributed by atoms with van der Waals surface area (Å²) in [5.41, 5.74) is 0. The maximum absolute atomic E-state index is 10.9. The van der Waals surface area contributed by atoms with Gasteiger partial charge in [0.15, 0.2) is 0 Å². The first kappa shape index (κ1) is 20.7. The Hall–Kier alpha value is -1.32. The van der Waals surface area contributed by atoms with Crippen LogP contribution in [0.25, 0.3) is 0 Å². The van der Waals surface area contributed by atoms with Gasteiger partial charge in [-0.1, -0.05) is 37.8 Å². The molecule has 0 aliphatic heterocycles. The SMILES string of the molecule is COC(=O)CCCCCC=CCCCCCCCC(=O)OC. The van der Waals surface area contributed by atoms with Crippen molar-refractivity contribution in [3.63, 3.8) is 0 Å². The Balaban J connectivity index is 3.18. The summed E-state index contributed by atoms with van der Waals surface area (Å²) in [6.45, 7) is 0. The number of hydrogen-bond acceptors (Lipinski definition) is 4. The summed E-state index contributed by atoms with van der Waals surface area (Å²) in [5, 5.41) is 0. The average molecular weight is 312 g/mol. The molecule has 0 aromatic heterocycles. The summed E-state index contributed by atoms with van der Waals surface area (Å²) in [5.74, 6) is -0.211. The van der Waals surface area contributed by atoms with Gasteiger partial charge in [-0.05, 0) is 38.5 Å². The highest BCUT2D eigenvalue weighted by Gasteiger charge is 1.99. The first-order valence-electron chi connectivity index (χ1n) is 8.49. The Labute approximate surface area is 135 Å². The Morgan fingerprint density at radius 1 is 0.636 bits per heavy atom. The molecule has 0 saturated carbocycles. The molecule has 0 aromatic carbocycles. The van der Waals surface area contributed by atoms with Crippen LogP contribution in [0.4, 0.5) is 0 Å². The number of ether oxygens (including phenoxy) is 2. The number of unbranched alkanes of at least 4 members (excludes halogenated alkanes) is 8. The Kier molecular flexibility index (Phi) is 15.1. The van der Waals surface area contributed by atoms with Crippen molar-refractivity contribution in [1.29, 1.82) is 0 Å². The molecule has 0 rings (SSSR count). The molecule has 0 aromatic rings. The third-order valence-electron chi connectivity index (χ3n) is 3.63. The van der Waals surface area contributed by atoms with Gasteiger partial charge in [0.1, 0.15) is 0 Å². The highest BCUT2D eigenvalue weighted by Crippen LogP contribution is 2.09. The van der Waals surface area contributed by atoms with Crippen LogP contribution in [0.15, 0.2) is 12.2 Å². The molecule has 22 heavy (non-hydrogen) atoms. The van der Waals surface area contributed by atoms with Crippen LogP contribution in [0.1, 0.15) is 77.0 Å². The van der Waals surface area contributed by atoms with Gasteiger partial charge in [0, 0.05) is 12.8 Å². The van der Waals surface area contributed by atoms with Crippen LogP contribution in [-0.4, -0.2) is 26.2 Å². The maximum Gasteiger partial charge on any atom is 0.305 e. The van der Waals surface area contributed by atoms with E-state index in [9.17, 15) is 9.59 Å². The van der Waals surface area contributed by atoms with Gasteiger partial charge in [-0.3, -0.25) is 9.59 Å². The number of carbonyl (C=O) groups excluding carboxylic acids is 2. The molecule has 0 atom stereocenters. The van der Waals surface area contributed by atoms with Gasteiger partial charge in [-0.15, -0.1) is 0 Å². The first-order chi connectivity index (χ1) is 10.7. The molecule has 0 amide bonds. The van der Waals surface area contributed by atoms with Gasteiger partial charge in [-0.25, -0.2) is 0 Å². The number of rotatable bonds is 14. The molecular formula is C18H32O4. The molecule has 0 aliphatic carbocycles. The van der Waals surface area contributed by atoms with Gasteiger partial charge in [0.2, 0.25) is 0 Å². The molecule has 4 nitrogen and oxygen atoms in total. The van der Waals surface area contributed by atoms with Crippen LogP contribution in [0.5, 0.6) is 0 Å². The largest absolute Gasteiger partial charge is 0.469 e.